The fourth-order valence-corrected chi connectivity index (χ4v) is 2.47. The first-order valence-corrected chi connectivity index (χ1v) is 6.75. The number of rotatable bonds is 2. The first-order valence-electron chi connectivity index (χ1n) is 6.75. The first-order chi connectivity index (χ1) is 10.8. The number of nitrogens with one attached hydrogen (secondary N) is 1. The van der Waals surface area contributed by atoms with Gasteiger partial charge in [0.1, 0.15) is 5.82 Å². The van der Waals surface area contributed by atoms with Gasteiger partial charge in [-0.05, 0) is 23.8 Å². The number of nitrogens with two attached hydrogens (primary N) is 1. The van der Waals surface area contributed by atoms with E-state index in [4.69, 9.17) is 5.73 Å². The van der Waals surface area contributed by atoms with E-state index in [0.29, 0.717) is 18.3 Å². The maximum Gasteiger partial charge on any atom is 0.419 e. The molecule has 1 aromatic heterocycles. The van der Waals surface area contributed by atoms with Gasteiger partial charge in [-0.2, -0.15) is 13.2 Å². The number of halogens is 3. The zero-order valence-corrected chi connectivity index (χ0v) is 12.1. The van der Waals surface area contributed by atoms with Crippen LogP contribution in [0.15, 0.2) is 30.5 Å². The molecule has 5 nitrogen and oxygen atoms in total. The summed E-state index contributed by atoms with van der Waals surface area (Å²) >= 11 is 0. The summed E-state index contributed by atoms with van der Waals surface area (Å²) in [6, 6.07) is 6.40. The number of nitrogen functional groups attached to an aromatic ring is 1. The number of carbonyl (C=O) groups is 1. The molecule has 0 atom stereocenters. The Bertz CT molecular complexity index is 789. The van der Waals surface area contributed by atoms with Crippen molar-refractivity contribution < 1.29 is 18.0 Å². The molecule has 1 aromatic carbocycles. The standard InChI is InChI=1S/C15H13F3N4O/c1-22-12-3-2-9(4-8(12)5-14(22)23)21-13-6-11(19)10(7-20-13)15(16,17)18/h2-4,6-7H,5H2,1H3,(H3,19,20,21). The highest BCUT2D eigenvalue weighted by Gasteiger charge is 2.33. The summed E-state index contributed by atoms with van der Waals surface area (Å²) in [5, 5.41) is 2.89. The summed E-state index contributed by atoms with van der Waals surface area (Å²) in [5.74, 6) is 0.196. The minimum absolute atomic E-state index is 0.00551. The van der Waals surface area contributed by atoms with Crippen LogP contribution < -0.4 is 16.0 Å². The predicted octanol–water partition coefficient (Wildman–Crippen LogP) is 2.95. The largest absolute Gasteiger partial charge is 0.419 e. The molecule has 0 fully saturated rings. The van der Waals surface area contributed by atoms with Crippen molar-refractivity contribution in [3.8, 4) is 0 Å². The number of aromatic nitrogens is 1. The maximum atomic E-state index is 12.7. The molecular weight excluding hydrogens is 309 g/mol. The van der Waals surface area contributed by atoms with E-state index in [1.807, 2.05) is 0 Å². The topological polar surface area (TPSA) is 71.2 Å². The Morgan fingerprint density at radius 3 is 2.70 bits per heavy atom. The molecule has 1 amide bonds. The quantitative estimate of drug-likeness (QED) is 0.892. The molecule has 2 heterocycles. The van der Waals surface area contributed by atoms with Crippen molar-refractivity contribution in [3.05, 3.63) is 41.6 Å². The molecule has 2 aromatic rings. The smallest absolute Gasteiger partial charge is 0.398 e. The van der Waals surface area contributed by atoms with Crippen molar-refractivity contribution in [2.24, 2.45) is 0 Å². The lowest BCUT2D eigenvalue weighted by Gasteiger charge is -2.13. The van der Waals surface area contributed by atoms with Crippen LogP contribution in [-0.2, 0) is 17.4 Å². The van der Waals surface area contributed by atoms with Crippen molar-refractivity contribution in [2.45, 2.75) is 12.6 Å². The molecule has 0 radical (unpaired) electrons. The van der Waals surface area contributed by atoms with E-state index in [2.05, 4.69) is 10.3 Å². The third-order valence-electron chi connectivity index (χ3n) is 3.67. The molecule has 3 rings (SSSR count). The van der Waals surface area contributed by atoms with Crippen LogP contribution in [0.3, 0.4) is 0 Å². The zero-order chi connectivity index (χ0) is 16.8. The van der Waals surface area contributed by atoms with Crippen LogP contribution in [0.5, 0.6) is 0 Å². The maximum absolute atomic E-state index is 12.7. The summed E-state index contributed by atoms with van der Waals surface area (Å²) in [4.78, 5) is 16.9. The Morgan fingerprint density at radius 1 is 1.30 bits per heavy atom. The molecule has 3 N–H and O–H groups in total. The Kier molecular flexibility index (Phi) is 3.39. The van der Waals surface area contributed by atoms with E-state index in [-0.39, 0.29) is 11.7 Å². The monoisotopic (exact) mass is 322 g/mol. The Balaban J connectivity index is 1.85. The Morgan fingerprint density at radius 2 is 2.04 bits per heavy atom. The van der Waals surface area contributed by atoms with Gasteiger partial charge in [0.15, 0.2) is 0 Å². The number of benzene rings is 1. The molecule has 1 aliphatic heterocycles. The van der Waals surface area contributed by atoms with Gasteiger partial charge < -0.3 is 16.0 Å². The van der Waals surface area contributed by atoms with Crippen molar-refractivity contribution in [1.29, 1.82) is 0 Å². The Hall–Kier alpha value is -2.77. The average molecular weight is 322 g/mol. The summed E-state index contributed by atoms with van der Waals surface area (Å²) in [6.45, 7) is 0. The lowest BCUT2D eigenvalue weighted by Crippen LogP contribution is -2.20. The van der Waals surface area contributed by atoms with Gasteiger partial charge in [0.05, 0.1) is 12.0 Å². The molecule has 0 aliphatic carbocycles. The summed E-state index contributed by atoms with van der Waals surface area (Å²) in [6.07, 6.45) is -3.54. The van der Waals surface area contributed by atoms with Crippen LogP contribution in [0.2, 0.25) is 0 Å². The number of nitrogens with zero attached hydrogens (tertiary/aromatic N) is 2. The highest BCUT2D eigenvalue weighted by molar-refractivity contribution is 6.01. The molecule has 120 valence electrons. The van der Waals surface area contributed by atoms with Gasteiger partial charge in [0.25, 0.3) is 0 Å². The predicted molar refractivity (Wildman–Crippen MR) is 80.5 cm³/mol. The van der Waals surface area contributed by atoms with Gasteiger partial charge in [-0.15, -0.1) is 0 Å². The first kappa shape index (κ1) is 15.1. The van der Waals surface area contributed by atoms with Crippen LogP contribution in [0, 0.1) is 0 Å². The Labute approximate surface area is 129 Å². The van der Waals surface area contributed by atoms with Crippen molar-refractivity contribution >= 4 is 28.8 Å². The van der Waals surface area contributed by atoms with Gasteiger partial charge in [0.2, 0.25) is 5.91 Å². The van der Waals surface area contributed by atoms with Crippen LogP contribution in [-0.4, -0.2) is 17.9 Å². The lowest BCUT2D eigenvalue weighted by molar-refractivity contribution is -0.137. The number of pyridine rings is 1. The average Bonchev–Trinajstić information content (AvgIpc) is 2.72. The molecule has 0 saturated carbocycles. The van der Waals surface area contributed by atoms with E-state index in [1.54, 1.807) is 30.1 Å². The number of hydrogen-bond donors (Lipinski definition) is 2. The molecule has 0 bridgehead atoms. The number of alkyl halides is 3. The van der Waals surface area contributed by atoms with Crippen LogP contribution in [0.4, 0.5) is 36.1 Å². The number of carbonyl (C=O) groups excluding carboxylic acids is 1. The van der Waals surface area contributed by atoms with Crippen LogP contribution >= 0.6 is 0 Å². The van der Waals surface area contributed by atoms with Crippen molar-refractivity contribution in [1.82, 2.24) is 4.98 Å². The second-order valence-corrected chi connectivity index (χ2v) is 5.25. The van der Waals surface area contributed by atoms with E-state index >= 15 is 0 Å². The molecular formula is C15H13F3N4O. The van der Waals surface area contributed by atoms with Crippen LogP contribution in [0.1, 0.15) is 11.1 Å². The summed E-state index contributed by atoms with van der Waals surface area (Å²) in [7, 11) is 1.69. The second-order valence-electron chi connectivity index (χ2n) is 5.25. The zero-order valence-electron chi connectivity index (χ0n) is 12.1. The lowest BCUT2D eigenvalue weighted by atomic mass is 10.1. The number of amides is 1. The third-order valence-corrected chi connectivity index (χ3v) is 3.67. The molecule has 23 heavy (non-hydrogen) atoms. The third kappa shape index (κ3) is 2.79. The molecule has 1 aliphatic rings. The minimum atomic E-state index is -4.53. The van der Waals surface area contributed by atoms with E-state index in [1.165, 1.54) is 0 Å². The van der Waals surface area contributed by atoms with Gasteiger partial charge >= 0.3 is 6.18 Å². The number of likely N-dealkylation sites (N-methyl/N-ethyl adjacent to an activating group) is 1. The van der Waals surface area contributed by atoms with Crippen LogP contribution in [0.25, 0.3) is 0 Å². The fraction of sp³-hybridized carbons (Fsp3) is 0.200. The fourth-order valence-electron chi connectivity index (χ4n) is 2.47. The summed E-state index contributed by atoms with van der Waals surface area (Å²) < 4.78 is 38.0. The number of anilines is 4. The van der Waals surface area contributed by atoms with Gasteiger partial charge in [-0.1, -0.05) is 0 Å². The molecule has 0 saturated heterocycles. The molecule has 0 spiro atoms. The van der Waals surface area contributed by atoms with E-state index in [9.17, 15) is 18.0 Å². The second kappa shape index (κ2) is 5.15. The number of hydrogen-bond acceptors (Lipinski definition) is 4. The van der Waals surface area contributed by atoms with Gasteiger partial charge in [0, 0.05) is 36.4 Å². The SMILES string of the molecule is CN1C(=O)Cc2cc(Nc3cc(N)c(C(F)(F)F)cn3)ccc21. The van der Waals surface area contributed by atoms with Crippen molar-refractivity contribution in [2.75, 3.05) is 23.0 Å². The number of fused-ring (bicyclic) bond motifs is 1. The minimum Gasteiger partial charge on any atom is -0.398 e. The van der Waals surface area contributed by atoms with Gasteiger partial charge in [-0.25, -0.2) is 4.98 Å². The van der Waals surface area contributed by atoms with Crippen molar-refractivity contribution in [3.63, 3.8) is 0 Å². The highest BCUT2D eigenvalue weighted by atomic mass is 19.4. The molecule has 0 unspecified atom stereocenters. The summed E-state index contributed by atoms with van der Waals surface area (Å²) in [5.41, 5.74) is 6.36. The molecule has 8 heteroatoms. The van der Waals surface area contributed by atoms with E-state index in [0.717, 1.165) is 17.3 Å². The van der Waals surface area contributed by atoms with Gasteiger partial charge in [-0.3, -0.25) is 4.79 Å². The normalized spacial score (nSPS) is 14.1. The highest BCUT2D eigenvalue weighted by Crippen LogP contribution is 2.35. The van der Waals surface area contributed by atoms with E-state index < -0.39 is 17.4 Å².